The lowest BCUT2D eigenvalue weighted by atomic mass is 9.95. The number of hydrogen-bond acceptors (Lipinski definition) is 3. The van der Waals surface area contributed by atoms with Crippen molar-refractivity contribution in [3.63, 3.8) is 0 Å². The zero-order valence-corrected chi connectivity index (χ0v) is 19.4. The second kappa shape index (κ2) is 9.33. The molecule has 1 heterocycles. The minimum atomic E-state index is -0.0915. The van der Waals surface area contributed by atoms with E-state index in [1.165, 1.54) is 5.56 Å². The number of nitrogens with one attached hydrogen (secondary N) is 1. The van der Waals surface area contributed by atoms with E-state index < -0.39 is 0 Å². The summed E-state index contributed by atoms with van der Waals surface area (Å²) >= 11 is 12.3. The molecule has 0 radical (unpaired) electrons. The van der Waals surface area contributed by atoms with Crippen LogP contribution in [0.4, 0.5) is 0 Å². The van der Waals surface area contributed by atoms with Gasteiger partial charge in [0.15, 0.2) is 0 Å². The first kappa shape index (κ1) is 21.7. The van der Waals surface area contributed by atoms with E-state index in [0.29, 0.717) is 10.0 Å². The number of aliphatic imine (C=N–C) groups is 1. The van der Waals surface area contributed by atoms with Gasteiger partial charge in [-0.15, -0.1) is 0 Å². The molecule has 1 N–H and O–H groups in total. The Balaban J connectivity index is 1.77. The Morgan fingerprint density at radius 1 is 0.903 bits per heavy atom. The van der Waals surface area contributed by atoms with E-state index in [1.54, 1.807) is 0 Å². The molecule has 0 spiro atoms. The summed E-state index contributed by atoms with van der Waals surface area (Å²) in [5.74, 6) is 1.69. The molecule has 160 valence electrons. The number of halogens is 2. The van der Waals surface area contributed by atoms with Crippen molar-refractivity contribution in [2.45, 2.75) is 45.4 Å². The van der Waals surface area contributed by atoms with Crippen molar-refractivity contribution >= 4 is 29.0 Å². The fraction of sp³-hybridized carbons (Fsp3) is 0.269. The van der Waals surface area contributed by atoms with Gasteiger partial charge in [0.25, 0.3) is 0 Å². The van der Waals surface area contributed by atoms with E-state index >= 15 is 0 Å². The van der Waals surface area contributed by atoms with Gasteiger partial charge in [0, 0.05) is 10.0 Å². The fourth-order valence-corrected chi connectivity index (χ4v) is 4.07. The molecule has 0 unspecified atom stereocenters. The van der Waals surface area contributed by atoms with Crippen LogP contribution < -0.4 is 10.1 Å². The maximum absolute atomic E-state index is 6.16. The Morgan fingerprint density at radius 3 is 2.10 bits per heavy atom. The van der Waals surface area contributed by atoms with Crippen molar-refractivity contribution < 1.29 is 4.74 Å². The van der Waals surface area contributed by atoms with Crippen LogP contribution in [0.2, 0.25) is 10.0 Å². The zero-order valence-electron chi connectivity index (χ0n) is 17.9. The lowest BCUT2D eigenvalue weighted by Crippen LogP contribution is -2.26. The molecule has 0 bridgehead atoms. The summed E-state index contributed by atoms with van der Waals surface area (Å²) in [6, 6.07) is 22.1. The molecule has 0 amide bonds. The highest BCUT2D eigenvalue weighted by atomic mass is 35.5. The largest absolute Gasteiger partial charge is 0.490 e. The third-order valence-corrected chi connectivity index (χ3v) is 5.89. The number of aryl methyl sites for hydroxylation is 1. The highest BCUT2D eigenvalue weighted by Gasteiger charge is 2.33. The second-order valence-electron chi connectivity index (χ2n) is 8.00. The maximum atomic E-state index is 6.16. The van der Waals surface area contributed by atoms with Crippen LogP contribution in [0.3, 0.4) is 0 Å². The SMILES string of the molecule is CCc1ccc(C2=N[C@H](c3ccc(Cl)cc3)[C@H](c3ccc(Cl)cc3)N2)c(OC(C)C)c1. The van der Waals surface area contributed by atoms with Gasteiger partial charge in [-0.05, 0) is 73.4 Å². The van der Waals surface area contributed by atoms with E-state index in [2.05, 4.69) is 30.4 Å². The van der Waals surface area contributed by atoms with Crippen LogP contribution in [-0.2, 0) is 6.42 Å². The molecule has 0 saturated carbocycles. The third-order valence-electron chi connectivity index (χ3n) is 5.39. The fourth-order valence-electron chi connectivity index (χ4n) is 3.82. The first-order valence-corrected chi connectivity index (χ1v) is 11.4. The van der Waals surface area contributed by atoms with Crippen molar-refractivity contribution in [1.29, 1.82) is 0 Å². The van der Waals surface area contributed by atoms with E-state index in [0.717, 1.165) is 34.7 Å². The molecule has 3 aromatic rings. The predicted molar refractivity (Wildman–Crippen MR) is 130 cm³/mol. The van der Waals surface area contributed by atoms with Gasteiger partial charge in [-0.1, -0.05) is 60.5 Å². The number of nitrogens with zero attached hydrogens (tertiary/aromatic N) is 1. The van der Waals surface area contributed by atoms with Crippen molar-refractivity contribution in [3.8, 4) is 5.75 Å². The summed E-state index contributed by atoms with van der Waals surface area (Å²) in [6.45, 7) is 6.23. The molecular formula is C26H26Cl2N2O. The number of hydrogen-bond donors (Lipinski definition) is 1. The summed E-state index contributed by atoms with van der Waals surface area (Å²) in [7, 11) is 0. The molecule has 31 heavy (non-hydrogen) atoms. The number of amidine groups is 1. The van der Waals surface area contributed by atoms with Gasteiger partial charge in [0.1, 0.15) is 17.6 Å². The molecular weight excluding hydrogens is 427 g/mol. The van der Waals surface area contributed by atoms with Crippen LogP contribution >= 0.6 is 23.2 Å². The Kier molecular flexibility index (Phi) is 6.54. The highest BCUT2D eigenvalue weighted by molar-refractivity contribution is 6.30. The minimum Gasteiger partial charge on any atom is -0.490 e. The lowest BCUT2D eigenvalue weighted by molar-refractivity contribution is 0.241. The standard InChI is InChI=1S/C26H26Cl2N2O/c1-4-17-5-14-22(23(15-17)31-16(2)3)26-29-24(18-6-10-20(27)11-7-18)25(30-26)19-8-12-21(28)13-9-19/h5-16,24-25H,4H2,1-3H3,(H,29,30)/t24-,25+. The average molecular weight is 453 g/mol. The van der Waals surface area contributed by atoms with Crippen molar-refractivity contribution in [1.82, 2.24) is 5.32 Å². The summed E-state index contributed by atoms with van der Waals surface area (Å²) in [6.07, 6.45) is 1.03. The Bertz CT molecular complexity index is 1080. The monoisotopic (exact) mass is 452 g/mol. The van der Waals surface area contributed by atoms with E-state index in [4.69, 9.17) is 32.9 Å². The first-order valence-electron chi connectivity index (χ1n) is 10.6. The van der Waals surface area contributed by atoms with E-state index in [9.17, 15) is 0 Å². The topological polar surface area (TPSA) is 33.6 Å². The smallest absolute Gasteiger partial charge is 0.133 e. The Hall–Kier alpha value is -2.49. The Labute approximate surface area is 194 Å². The van der Waals surface area contributed by atoms with Crippen molar-refractivity contribution in [2.75, 3.05) is 0 Å². The molecule has 0 saturated heterocycles. The van der Waals surface area contributed by atoms with Gasteiger partial charge < -0.3 is 10.1 Å². The van der Waals surface area contributed by atoms with Crippen LogP contribution in [-0.4, -0.2) is 11.9 Å². The van der Waals surface area contributed by atoms with Gasteiger partial charge >= 0.3 is 0 Å². The van der Waals surface area contributed by atoms with E-state index in [-0.39, 0.29) is 18.2 Å². The van der Waals surface area contributed by atoms with E-state index in [1.807, 2.05) is 62.4 Å². The minimum absolute atomic E-state index is 0.0220. The highest BCUT2D eigenvalue weighted by Crippen LogP contribution is 2.39. The maximum Gasteiger partial charge on any atom is 0.133 e. The molecule has 4 rings (SSSR count). The molecule has 0 aromatic heterocycles. The van der Waals surface area contributed by atoms with Gasteiger partial charge in [-0.25, -0.2) is 0 Å². The first-order chi connectivity index (χ1) is 14.9. The Morgan fingerprint density at radius 2 is 1.52 bits per heavy atom. The van der Waals surface area contributed by atoms with Gasteiger partial charge in [0.05, 0.1) is 17.7 Å². The molecule has 1 aliphatic heterocycles. The lowest BCUT2D eigenvalue weighted by Gasteiger charge is -2.20. The number of benzene rings is 3. The molecule has 0 aliphatic carbocycles. The second-order valence-corrected chi connectivity index (χ2v) is 8.87. The third kappa shape index (κ3) is 4.89. The summed E-state index contributed by atoms with van der Waals surface area (Å²) in [5.41, 5.74) is 4.44. The summed E-state index contributed by atoms with van der Waals surface area (Å²) in [5, 5.41) is 5.08. The van der Waals surface area contributed by atoms with Gasteiger partial charge in [-0.3, -0.25) is 4.99 Å². The van der Waals surface area contributed by atoms with Crippen LogP contribution in [0.15, 0.2) is 71.7 Å². The molecule has 3 aromatic carbocycles. The number of ether oxygens (including phenoxy) is 1. The molecule has 0 fully saturated rings. The predicted octanol–water partition coefficient (Wildman–Crippen LogP) is 7.18. The van der Waals surface area contributed by atoms with Crippen molar-refractivity contribution in [3.05, 3.63) is 99.0 Å². The van der Waals surface area contributed by atoms with Gasteiger partial charge in [-0.2, -0.15) is 0 Å². The van der Waals surface area contributed by atoms with Crippen LogP contribution in [0, 0.1) is 0 Å². The molecule has 2 atom stereocenters. The molecule has 1 aliphatic rings. The summed E-state index contributed by atoms with van der Waals surface area (Å²) < 4.78 is 6.16. The summed E-state index contributed by atoms with van der Waals surface area (Å²) in [4.78, 5) is 5.11. The normalized spacial score (nSPS) is 18.1. The van der Waals surface area contributed by atoms with Crippen LogP contribution in [0.1, 0.15) is 55.1 Å². The quantitative estimate of drug-likeness (QED) is 0.429. The molecule has 3 nitrogen and oxygen atoms in total. The average Bonchev–Trinajstić information content (AvgIpc) is 3.19. The van der Waals surface area contributed by atoms with Gasteiger partial charge in [0.2, 0.25) is 0 Å². The van der Waals surface area contributed by atoms with Crippen molar-refractivity contribution in [2.24, 2.45) is 4.99 Å². The van der Waals surface area contributed by atoms with Crippen LogP contribution in [0.25, 0.3) is 0 Å². The van der Waals surface area contributed by atoms with Crippen LogP contribution in [0.5, 0.6) is 5.75 Å². The zero-order chi connectivity index (χ0) is 22.0. The molecule has 5 heteroatoms. The number of rotatable bonds is 6.